The molecule has 0 aliphatic carbocycles. The molecule has 1 amide bonds. The number of carbonyl (C=O) groups is 1. The molecule has 20 heavy (non-hydrogen) atoms. The molecule has 0 heterocycles. The van der Waals surface area contributed by atoms with E-state index in [1.807, 2.05) is 52.1 Å². The van der Waals surface area contributed by atoms with Crippen molar-refractivity contribution in [2.24, 2.45) is 5.92 Å². The van der Waals surface area contributed by atoms with Crippen LogP contribution < -0.4 is 10.6 Å². The molecule has 1 unspecified atom stereocenters. The smallest absolute Gasteiger partial charge is 0.224 e. The van der Waals surface area contributed by atoms with Gasteiger partial charge in [0.15, 0.2) is 0 Å². The molecule has 0 fully saturated rings. The summed E-state index contributed by atoms with van der Waals surface area (Å²) in [5, 5.41) is 6.83. The summed E-state index contributed by atoms with van der Waals surface area (Å²) in [4.78, 5) is 12.0. The predicted molar refractivity (Wildman–Crippen MR) is 87.7 cm³/mol. The van der Waals surface area contributed by atoms with Crippen molar-refractivity contribution in [2.45, 2.75) is 32.7 Å². The fraction of sp³-hybridized carbons (Fsp3) is 0.533. The molecule has 1 aromatic rings. The Morgan fingerprint density at radius 1 is 1.35 bits per heavy atom. The Bertz CT molecular complexity index is 436. The van der Waals surface area contributed by atoms with Crippen LogP contribution in [0, 0.1) is 5.92 Å². The van der Waals surface area contributed by atoms with Crippen LogP contribution in [0.4, 0.5) is 0 Å². The highest BCUT2D eigenvalue weighted by molar-refractivity contribution is 6.31. The first kappa shape index (κ1) is 19.2. The van der Waals surface area contributed by atoms with Crippen molar-refractivity contribution >= 4 is 29.9 Å². The summed E-state index contributed by atoms with van der Waals surface area (Å²) in [5.74, 6) is 0.0157. The van der Waals surface area contributed by atoms with Crippen molar-refractivity contribution in [3.05, 3.63) is 34.9 Å². The van der Waals surface area contributed by atoms with E-state index in [1.165, 1.54) is 0 Å². The second kappa shape index (κ2) is 8.50. The SMILES string of the molecule is CNCC(C)C(=O)NC(C)(C)Cc1ccccc1Cl.Cl. The van der Waals surface area contributed by atoms with E-state index in [0.29, 0.717) is 13.0 Å². The third-order valence-corrected chi connectivity index (χ3v) is 3.38. The Balaban J connectivity index is 0.00000361. The fourth-order valence-electron chi connectivity index (χ4n) is 2.02. The Labute approximate surface area is 132 Å². The van der Waals surface area contributed by atoms with Gasteiger partial charge in [-0.1, -0.05) is 36.7 Å². The summed E-state index contributed by atoms with van der Waals surface area (Å²) in [7, 11) is 1.85. The van der Waals surface area contributed by atoms with Crippen molar-refractivity contribution in [1.82, 2.24) is 10.6 Å². The normalized spacial score (nSPS) is 12.4. The molecule has 1 aromatic carbocycles. The summed E-state index contributed by atoms with van der Waals surface area (Å²) in [5.41, 5.74) is 0.736. The minimum Gasteiger partial charge on any atom is -0.351 e. The van der Waals surface area contributed by atoms with Gasteiger partial charge >= 0.3 is 0 Å². The van der Waals surface area contributed by atoms with Crippen molar-refractivity contribution in [3.63, 3.8) is 0 Å². The number of amides is 1. The van der Waals surface area contributed by atoms with Gasteiger partial charge in [0, 0.05) is 23.0 Å². The summed E-state index contributed by atoms with van der Waals surface area (Å²) in [6.07, 6.45) is 0.713. The van der Waals surface area contributed by atoms with Gasteiger partial charge in [0.05, 0.1) is 0 Å². The van der Waals surface area contributed by atoms with Crippen molar-refractivity contribution in [1.29, 1.82) is 0 Å². The minimum atomic E-state index is -0.315. The molecule has 5 heteroatoms. The van der Waals surface area contributed by atoms with Gasteiger partial charge < -0.3 is 10.6 Å². The maximum atomic E-state index is 12.0. The lowest BCUT2D eigenvalue weighted by molar-refractivity contribution is -0.125. The molecule has 0 aromatic heterocycles. The average Bonchev–Trinajstić information content (AvgIpc) is 2.31. The summed E-state index contributed by atoms with van der Waals surface area (Å²) in [6.45, 7) is 6.62. The molecule has 114 valence electrons. The fourth-order valence-corrected chi connectivity index (χ4v) is 2.22. The van der Waals surface area contributed by atoms with Gasteiger partial charge in [-0.15, -0.1) is 12.4 Å². The number of nitrogens with one attached hydrogen (secondary N) is 2. The number of benzene rings is 1. The van der Waals surface area contributed by atoms with Crippen LogP contribution >= 0.6 is 24.0 Å². The zero-order valence-corrected chi connectivity index (χ0v) is 14.1. The summed E-state index contributed by atoms with van der Waals surface area (Å²) < 4.78 is 0. The molecule has 0 aliphatic rings. The van der Waals surface area contributed by atoms with Crippen LogP contribution in [0.3, 0.4) is 0 Å². The molecule has 0 radical (unpaired) electrons. The highest BCUT2D eigenvalue weighted by atomic mass is 35.5. The van der Waals surface area contributed by atoms with Crippen LogP contribution in [0.25, 0.3) is 0 Å². The second-order valence-corrected chi connectivity index (χ2v) is 6.01. The van der Waals surface area contributed by atoms with E-state index in [9.17, 15) is 4.79 Å². The molecule has 3 nitrogen and oxygen atoms in total. The number of rotatable bonds is 6. The van der Waals surface area contributed by atoms with Crippen LogP contribution in [-0.2, 0) is 11.2 Å². The van der Waals surface area contributed by atoms with E-state index in [2.05, 4.69) is 10.6 Å². The number of halogens is 2. The van der Waals surface area contributed by atoms with Crippen LogP contribution in [0.15, 0.2) is 24.3 Å². The highest BCUT2D eigenvalue weighted by Crippen LogP contribution is 2.21. The molecular formula is C15H24Cl2N2O. The third kappa shape index (κ3) is 6.12. The first-order valence-corrected chi connectivity index (χ1v) is 6.93. The van der Waals surface area contributed by atoms with E-state index in [1.54, 1.807) is 0 Å². The van der Waals surface area contributed by atoms with Crippen LogP contribution in [0.5, 0.6) is 0 Å². The standard InChI is InChI=1S/C15H23ClN2O.ClH/c1-11(10-17-4)14(19)18-15(2,3)9-12-7-5-6-8-13(12)16;/h5-8,11,17H,9-10H2,1-4H3,(H,18,19);1H. The predicted octanol–water partition coefficient (Wildman–Crippen LogP) is 3.05. The summed E-state index contributed by atoms with van der Waals surface area (Å²) >= 11 is 6.16. The lowest BCUT2D eigenvalue weighted by atomic mass is 9.94. The quantitative estimate of drug-likeness (QED) is 0.846. The first-order valence-electron chi connectivity index (χ1n) is 6.56. The maximum absolute atomic E-state index is 12.0. The van der Waals surface area contributed by atoms with Gasteiger partial charge in [0.2, 0.25) is 5.91 Å². The molecule has 1 atom stereocenters. The zero-order valence-electron chi connectivity index (χ0n) is 12.5. The molecule has 0 bridgehead atoms. The van der Waals surface area contributed by atoms with Gasteiger partial charge in [0.1, 0.15) is 0 Å². The van der Waals surface area contributed by atoms with Gasteiger partial charge in [0.25, 0.3) is 0 Å². The molecular weight excluding hydrogens is 295 g/mol. The van der Waals surface area contributed by atoms with E-state index in [-0.39, 0.29) is 29.8 Å². The van der Waals surface area contributed by atoms with Crippen molar-refractivity contribution < 1.29 is 4.79 Å². The molecule has 2 N–H and O–H groups in total. The molecule has 1 rings (SSSR count). The second-order valence-electron chi connectivity index (χ2n) is 5.60. The molecule has 0 saturated heterocycles. The summed E-state index contributed by atoms with van der Waals surface area (Å²) in [6, 6.07) is 7.74. The lowest BCUT2D eigenvalue weighted by Gasteiger charge is -2.28. The Morgan fingerprint density at radius 2 is 1.95 bits per heavy atom. The van der Waals surface area contributed by atoms with Gasteiger partial charge in [-0.2, -0.15) is 0 Å². The minimum absolute atomic E-state index is 0. The Kier molecular flexibility index (Phi) is 8.17. The monoisotopic (exact) mass is 318 g/mol. The first-order chi connectivity index (χ1) is 8.85. The van der Waals surface area contributed by atoms with E-state index in [0.717, 1.165) is 10.6 Å². The maximum Gasteiger partial charge on any atom is 0.224 e. The molecule has 0 spiro atoms. The average molecular weight is 319 g/mol. The molecule has 0 aliphatic heterocycles. The lowest BCUT2D eigenvalue weighted by Crippen LogP contribution is -2.48. The highest BCUT2D eigenvalue weighted by Gasteiger charge is 2.24. The topological polar surface area (TPSA) is 41.1 Å². The van der Waals surface area contributed by atoms with Crippen LogP contribution in [0.2, 0.25) is 5.02 Å². The Hall–Kier alpha value is -0.770. The van der Waals surface area contributed by atoms with E-state index in [4.69, 9.17) is 11.6 Å². The van der Waals surface area contributed by atoms with Gasteiger partial charge in [-0.05, 0) is 38.9 Å². The van der Waals surface area contributed by atoms with Gasteiger partial charge in [-0.25, -0.2) is 0 Å². The largest absolute Gasteiger partial charge is 0.351 e. The van der Waals surface area contributed by atoms with Crippen LogP contribution in [0.1, 0.15) is 26.3 Å². The number of hydrogen-bond donors (Lipinski definition) is 2. The third-order valence-electron chi connectivity index (χ3n) is 3.01. The van der Waals surface area contributed by atoms with Crippen molar-refractivity contribution in [3.8, 4) is 0 Å². The van der Waals surface area contributed by atoms with E-state index < -0.39 is 0 Å². The van der Waals surface area contributed by atoms with Crippen molar-refractivity contribution in [2.75, 3.05) is 13.6 Å². The van der Waals surface area contributed by atoms with Crippen LogP contribution in [-0.4, -0.2) is 25.0 Å². The number of hydrogen-bond acceptors (Lipinski definition) is 2. The van der Waals surface area contributed by atoms with Gasteiger partial charge in [-0.3, -0.25) is 4.79 Å². The zero-order chi connectivity index (χ0) is 14.5. The Morgan fingerprint density at radius 3 is 2.50 bits per heavy atom. The van der Waals surface area contributed by atoms with E-state index >= 15 is 0 Å². The number of carbonyl (C=O) groups excluding carboxylic acids is 1. The molecule has 0 saturated carbocycles.